The molecule has 1 saturated heterocycles. The molecule has 2 nitrogen and oxygen atoms in total. The van der Waals surface area contributed by atoms with Crippen LogP contribution in [0.5, 0.6) is 0 Å². The van der Waals surface area contributed by atoms with Crippen molar-refractivity contribution in [3.63, 3.8) is 0 Å². The van der Waals surface area contributed by atoms with Crippen molar-refractivity contribution in [2.75, 3.05) is 19.6 Å². The molecule has 98 valence electrons. The molecule has 1 N–H and O–H groups in total. The Morgan fingerprint density at radius 3 is 2.56 bits per heavy atom. The van der Waals surface area contributed by atoms with Gasteiger partial charge in [0.2, 0.25) is 0 Å². The molecule has 1 aliphatic carbocycles. The third-order valence-electron chi connectivity index (χ3n) is 4.10. The maximum absolute atomic E-state index is 3.62. The van der Waals surface area contributed by atoms with Crippen LogP contribution in [-0.4, -0.2) is 30.6 Å². The highest BCUT2D eigenvalue weighted by molar-refractivity contribution is 5.14. The normalized spacial score (nSPS) is 23.7. The van der Waals surface area contributed by atoms with Crippen molar-refractivity contribution in [3.05, 3.63) is 35.9 Å². The molecular formula is C16H24N2. The summed E-state index contributed by atoms with van der Waals surface area (Å²) in [6.07, 6.45) is 5.61. The Morgan fingerprint density at radius 2 is 1.89 bits per heavy atom. The molecule has 3 rings (SSSR count). The fourth-order valence-corrected chi connectivity index (χ4v) is 2.94. The Balaban J connectivity index is 1.57. The molecule has 1 aliphatic heterocycles. The van der Waals surface area contributed by atoms with Crippen LogP contribution < -0.4 is 5.32 Å². The van der Waals surface area contributed by atoms with Crippen LogP contribution in [0, 0.1) is 5.92 Å². The molecule has 1 heterocycles. The quantitative estimate of drug-likeness (QED) is 0.827. The van der Waals surface area contributed by atoms with Crippen LogP contribution in [-0.2, 0) is 6.54 Å². The van der Waals surface area contributed by atoms with Crippen LogP contribution in [0.1, 0.15) is 31.2 Å². The van der Waals surface area contributed by atoms with E-state index in [1.807, 2.05) is 0 Å². The topological polar surface area (TPSA) is 15.3 Å². The molecule has 0 amide bonds. The monoisotopic (exact) mass is 244 g/mol. The zero-order chi connectivity index (χ0) is 12.2. The average molecular weight is 244 g/mol. The van der Waals surface area contributed by atoms with Gasteiger partial charge in [-0.05, 0) is 43.7 Å². The van der Waals surface area contributed by atoms with Gasteiger partial charge in [0.1, 0.15) is 0 Å². The van der Waals surface area contributed by atoms with Crippen molar-refractivity contribution >= 4 is 0 Å². The Hall–Kier alpha value is -0.860. The summed E-state index contributed by atoms with van der Waals surface area (Å²) in [5.41, 5.74) is 1.45. The van der Waals surface area contributed by atoms with Crippen LogP contribution in [0.25, 0.3) is 0 Å². The minimum Gasteiger partial charge on any atom is -0.313 e. The molecule has 1 unspecified atom stereocenters. The second-order valence-electron chi connectivity index (χ2n) is 5.92. The Bertz CT molecular complexity index is 353. The lowest BCUT2D eigenvalue weighted by molar-refractivity contribution is 0.232. The first-order chi connectivity index (χ1) is 8.90. The molecular weight excluding hydrogens is 220 g/mol. The first-order valence-corrected chi connectivity index (χ1v) is 7.40. The second-order valence-corrected chi connectivity index (χ2v) is 5.92. The van der Waals surface area contributed by atoms with Gasteiger partial charge in [-0.2, -0.15) is 0 Å². The summed E-state index contributed by atoms with van der Waals surface area (Å²) in [6.45, 7) is 4.86. The molecule has 2 fully saturated rings. The minimum absolute atomic E-state index is 0.729. The van der Waals surface area contributed by atoms with E-state index in [4.69, 9.17) is 0 Å². The van der Waals surface area contributed by atoms with Gasteiger partial charge in [-0.1, -0.05) is 30.3 Å². The second kappa shape index (κ2) is 5.85. The highest BCUT2D eigenvalue weighted by Crippen LogP contribution is 2.30. The van der Waals surface area contributed by atoms with E-state index in [1.165, 1.54) is 50.9 Å². The van der Waals surface area contributed by atoms with Gasteiger partial charge in [-0.25, -0.2) is 0 Å². The number of rotatable bonds is 6. The van der Waals surface area contributed by atoms with Crippen molar-refractivity contribution in [1.82, 2.24) is 10.2 Å². The lowest BCUT2D eigenvalue weighted by atomic mass is 10.1. The summed E-state index contributed by atoms with van der Waals surface area (Å²) in [4.78, 5) is 2.66. The molecule has 0 radical (unpaired) electrons. The predicted molar refractivity (Wildman–Crippen MR) is 75.5 cm³/mol. The van der Waals surface area contributed by atoms with E-state index < -0.39 is 0 Å². The fraction of sp³-hybridized carbons (Fsp3) is 0.625. The van der Waals surface area contributed by atoms with Crippen LogP contribution in [0.2, 0.25) is 0 Å². The van der Waals surface area contributed by atoms with Crippen molar-refractivity contribution in [1.29, 1.82) is 0 Å². The molecule has 1 aromatic rings. The lowest BCUT2D eigenvalue weighted by Gasteiger charge is -2.25. The van der Waals surface area contributed by atoms with Crippen LogP contribution >= 0.6 is 0 Å². The van der Waals surface area contributed by atoms with Gasteiger partial charge in [-0.15, -0.1) is 0 Å². The Morgan fingerprint density at radius 1 is 1.06 bits per heavy atom. The summed E-state index contributed by atoms with van der Waals surface area (Å²) in [5.74, 6) is 0.982. The molecule has 18 heavy (non-hydrogen) atoms. The maximum Gasteiger partial charge on any atom is 0.0234 e. The summed E-state index contributed by atoms with van der Waals surface area (Å²) >= 11 is 0. The van der Waals surface area contributed by atoms with Crippen molar-refractivity contribution in [2.24, 2.45) is 5.92 Å². The summed E-state index contributed by atoms with van der Waals surface area (Å²) in [6, 6.07) is 11.6. The van der Waals surface area contributed by atoms with E-state index in [1.54, 1.807) is 0 Å². The van der Waals surface area contributed by atoms with E-state index in [-0.39, 0.29) is 0 Å². The highest BCUT2D eigenvalue weighted by Gasteiger charge is 2.26. The van der Waals surface area contributed by atoms with Crippen molar-refractivity contribution < 1.29 is 0 Å². The van der Waals surface area contributed by atoms with Crippen LogP contribution in [0.15, 0.2) is 30.3 Å². The highest BCUT2D eigenvalue weighted by atomic mass is 15.2. The zero-order valence-corrected chi connectivity index (χ0v) is 11.1. The first-order valence-electron chi connectivity index (χ1n) is 7.40. The third-order valence-corrected chi connectivity index (χ3v) is 4.10. The number of hydrogen-bond donors (Lipinski definition) is 1. The molecule has 2 aliphatic rings. The number of nitrogens with one attached hydrogen (secondary N) is 1. The third kappa shape index (κ3) is 3.56. The smallest absolute Gasteiger partial charge is 0.0234 e. The van der Waals surface area contributed by atoms with Gasteiger partial charge in [-0.3, -0.25) is 4.90 Å². The fourth-order valence-electron chi connectivity index (χ4n) is 2.94. The lowest BCUT2D eigenvalue weighted by Crippen LogP contribution is -2.38. The predicted octanol–water partition coefficient (Wildman–Crippen LogP) is 2.65. The maximum atomic E-state index is 3.62. The molecule has 1 saturated carbocycles. The number of benzene rings is 1. The SMILES string of the molecule is c1ccc(CN(CC2CC2)CC2CCCN2)cc1. The first kappa shape index (κ1) is 12.2. The summed E-state index contributed by atoms with van der Waals surface area (Å²) in [7, 11) is 0. The van der Waals surface area contributed by atoms with Crippen LogP contribution in [0.3, 0.4) is 0 Å². The Kier molecular flexibility index (Phi) is 3.96. The average Bonchev–Trinajstić information content (AvgIpc) is 3.05. The van der Waals surface area contributed by atoms with Gasteiger partial charge < -0.3 is 5.32 Å². The molecule has 2 heteroatoms. The zero-order valence-electron chi connectivity index (χ0n) is 11.1. The van der Waals surface area contributed by atoms with Gasteiger partial charge in [0, 0.05) is 25.7 Å². The Labute approximate surface area is 110 Å². The molecule has 1 atom stereocenters. The van der Waals surface area contributed by atoms with E-state index >= 15 is 0 Å². The standard InChI is InChI=1S/C16H24N2/c1-2-5-14(6-3-1)11-18(12-15-8-9-15)13-16-7-4-10-17-16/h1-3,5-6,15-17H,4,7-13H2. The molecule has 0 bridgehead atoms. The number of hydrogen-bond acceptors (Lipinski definition) is 2. The van der Waals surface area contributed by atoms with E-state index in [9.17, 15) is 0 Å². The summed E-state index contributed by atoms with van der Waals surface area (Å²) < 4.78 is 0. The van der Waals surface area contributed by atoms with Gasteiger partial charge >= 0.3 is 0 Å². The largest absolute Gasteiger partial charge is 0.313 e. The molecule has 0 aromatic heterocycles. The van der Waals surface area contributed by atoms with E-state index in [0.717, 1.165) is 18.5 Å². The van der Waals surface area contributed by atoms with Gasteiger partial charge in [0.15, 0.2) is 0 Å². The van der Waals surface area contributed by atoms with E-state index in [2.05, 4.69) is 40.5 Å². The number of nitrogens with zero attached hydrogens (tertiary/aromatic N) is 1. The summed E-state index contributed by atoms with van der Waals surface area (Å²) in [5, 5.41) is 3.62. The van der Waals surface area contributed by atoms with Crippen molar-refractivity contribution in [2.45, 2.75) is 38.3 Å². The minimum atomic E-state index is 0.729. The van der Waals surface area contributed by atoms with Crippen molar-refractivity contribution in [3.8, 4) is 0 Å². The van der Waals surface area contributed by atoms with Gasteiger partial charge in [0.25, 0.3) is 0 Å². The van der Waals surface area contributed by atoms with Gasteiger partial charge in [0.05, 0.1) is 0 Å². The van der Waals surface area contributed by atoms with E-state index in [0.29, 0.717) is 0 Å². The molecule has 0 spiro atoms. The molecule has 1 aromatic carbocycles. The van der Waals surface area contributed by atoms with Crippen LogP contribution in [0.4, 0.5) is 0 Å².